The maximum Gasteiger partial charge on any atom is 1.00 e. The minimum atomic E-state index is -0.000000000000000222. The minimum Gasteiger partial charge on any atom is -0.408 e. The predicted octanol–water partition coefficient (Wildman–Crippen LogP) is -3.49. The van der Waals surface area contributed by atoms with Crippen molar-refractivity contribution in [3.8, 4) is 0 Å². The van der Waals surface area contributed by atoms with Gasteiger partial charge in [-0.3, -0.25) is 4.21 Å². The van der Waals surface area contributed by atoms with Crippen LogP contribution >= 0.6 is 0 Å². The topological polar surface area (TPSA) is 17.1 Å². The zero-order valence-electron chi connectivity index (χ0n) is 2.39. The standard InChI is InChI=1S/CHOS.Na/c1-3-2;/h1H;/q-1;+1. The zero-order chi connectivity index (χ0) is 2.71. The Bertz CT molecular complexity index is 29.0. The van der Waals surface area contributed by atoms with Crippen molar-refractivity contribution in [3.05, 3.63) is 0 Å². The Morgan fingerprint density at radius 3 is 1.75 bits per heavy atom. The minimum absolute atomic E-state index is 0. The SMILES string of the molecule is [CH-]=S=O.[Na+]. The maximum absolute atomic E-state index is 8.62. The third kappa shape index (κ3) is 13.0. The van der Waals surface area contributed by atoms with Crippen LogP contribution in [0.3, 0.4) is 0 Å². The van der Waals surface area contributed by atoms with Crippen molar-refractivity contribution in [2.45, 2.75) is 0 Å². The van der Waals surface area contributed by atoms with E-state index in [1.165, 1.54) is 0 Å². The van der Waals surface area contributed by atoms with Gasteiger partial charge in [-0.2, -0.15) is 0 Å². The van der Waals surface area contributed by atoms with Gasteiger partial charge in [-0.15, -0.1) is 11.3 Å². The smallest absolute Gasteiger partial charge is 0.408 e. The molecule has 0 unspecified atom stereocenters. The second kappa shape index (κ2) is 9.10. The quantitative estimate of drug-likeness (QED) is 0.169. The van der Waals surface area contributed by atoms with E-state index in [1.807, 2.05) is 0 Å². The molecule has 0 rings (SSSR count). The maximum atomic E-state index is 8.62. The van der Waals surface area contributed by atoms with E-state index in [2.05, 4.69) is 5.87 Å². The molecule has 0 aromatic heterocycles. The fourth-order valence-electron chi connectivity index (χ4n) is 0. The van der Waals surface area contributed by atoms with Crippen LogP contribution in [-0.2, 0) is 11.3 Å². The molecule has 1 nitrogen and oxygen atoms in total. The molecule has 0 aromatic rings. The summed E-state index contributed by atoms with van der Waals surface area (Å²) in [6, 6.07) is 0. The molecule has 0 saturated carbocycles. The van der Waals surface area contributed by atoms with Gasteiger partial charge in [-0.25, -0.2) is 0 Å². The van der Waals surface area contributed by atoms with Crippen LogP contribution in [0.25, 0.3) is 0 Å². The predicted molar refractivity (Wildman–Crippen MR) is 14.2 cm³/mol. The molecule has 0 aliphatic carbocycles. The Hall–Kier alpha value is 0.890. The van der Waals surface area contributed by atoms with E-state index in [-0.39, 0.29) is 40.8 Å². The fraction of sp³-hybridized carbons (Fsp3) is 0. The van der Waals surface area contributed by atoms with Gasteiger partial charge in [-0.05, 0) is 0 Å². The molecule has 0 atom stereocenters. The van der Waals surface area contributed by atoms with Crippen LogP contribution in [-0.4, -0.2) is 10.1 Å². The molecule has 0 saturated heterocycles. The summed E-state index contributed by atoms with van der Waals surface area (Å²) in [5.74, 6) is 4.21. The molecule has 0 heterocycles. The van der Waals surface area contributed by atoms with Crippen molar-refractivity contribution in [2.24, 2.45) is 0 Å². The summed E-state index contributed by atoms with van der Waals surface area (Å²) in [4.78, 5) is 0. The van der Waals surface area contributed by atoms with E-state index < -0.39 is 0 Å². The first-order valence-corrected chi connectivity index (χ1v) is 1.21. The molecule has 0 aliphatic heterocycles. The average molecular weight is 84.1 g/mol. The van der Waals surface area contributed by atoms with E-state index >= 15 is 0 Å². The molecule has 0 fully saturated rings. The van der Waals surface area contributed by atoms with Crippen LogP contribution in [0.15, 0.2) is 0 Å². The first-order chi connectivity index (χ1) is 1.41. The molecule has 0 amide bonds. The van der Waals surface area contributed by atoms with Gasteiger partial charge in [-0.1, -0.05) is 0 Å². The van der Waals surface area contributed by atoms with Gasteiger partial charge in [0, 0.05) is 0 Å². The van der Waals surface area contributed by atoms with Crippen LogP contribution in [0.5, 0.6) is 0 Å². The van der Waals surface area contributed by atoms with Crippen molar-refractivity contribution in [2.75, 3.05) is 0 Å². The van der Waals surface area contributed by atoms with Crippen LogP contribution in [0, 0.1) is 0 Å². The van der Waals surface area contributed by atoms with Gasteiger partial charge in [0.2, 0.25) is 0 Å². The van der Waals surface area contributed by atoms with Gasteiger partial charge in [0.05, 0.1) is 0 Å². The molecule has 0 aromatic carbocycles. The van der Waals surface area contributed by atoms with Crippen molar-refractivity contribution in [1.82, 2.24) is 0 Å². The summed E-state index contributed by atoms with van der Waals surface area (Å²) in [6.07, 6.45) is 0. The van der Waals surface area contributed by atoms with Gasteiger partial charge in [0.25, 0.3) is 0 Å². The van der Waals surface area contributed by atoms with Crippen molar-refractivity contribution >= 4 is 17.1 Å². The van der Waals surface area contributed by atoms with E-state index in [0.29, 0.717) is 0 Å². The first-order valence-electron chi connectivity index (χ1n) is 0.402. The Morgan fingerprint density at radius 2 is 1.75 bits per heavy atom. The monoisotopic (exact) mass is 84.0 g/mol. The molecule has 18 valence electrons. The second-order valence-electron chi connectivity index (χ2n) is 0.0962. The van der Waals surface area contributed by atoms with Crippen molar-refractivity contribution in [1.29, 1.82) is 0 Å². The molecule has 3 heteroatoms. The Morgan fingerprint density at radius 1 is 1.75 bits per heavy atom. The van der Waals surface area contributed by atoms with E-state index in [4.69, 9.17) is 4.21 Å². The fourth-order valence-corrected chi connectivity index (χ4v) is 0. The van der Waals surface area contributed by atoms with Gasteiger partial charge >= 0.3 is 29.6 Å². The van der Waals surface area contributed by atoms with Crippen molar-refractivity contribution in [3.63, 3.8) is 0 Å². The molecule has 0 aliphatic rings. The first kappa shape index (κ1) is 8.86. The van der Waals surface area contributed by atoms with Crippen molar-refractivity contribution < 1.29 is 33.8 Å². The van der Waals surface area contributed by atoms with E-state index in [1.54, 1.807) is 0 Å². The molecule has 0 bridgehead atoms. The normalized spacial score (nSPS) is 3.00. The summed E-state index contributed by atoms with van der Waals surface area (Å²) >= 11 is -0.000000000000000222. The van der Waals surface area contributed by atoms with E-state index in [0.717, 1.165) is 0 Å². The molecule has 0 N–H and O–H groups in total. The molecule has 0 radical (unpaired) electrons. The summed E-state index contributed by atoms with van der Waals surface area (Å²) in [5, 5.41) is 0. The largest absolute Gasteiger partial charge is 1.00 e. The van der Waals surface area contributed by atoms with Crippen LogP contribution < -0.4 is 29.6 Å². The van der Waals surface area contributed by atoms with E-state index in [9.17, 15) is 0 Å². The van der Waals surface area contributed by atoms with Gasteiger partial charge < -0.3 is 5.87 Å². The number of rotatable bonds is 0. The third-order valence-corrected chi connectivity index (χ3v) is 0. The second-order valence-corrected chi connectivity index (χ2v) is 0.289. The zero-order valence-corrected chi connectivity index (χ0v) is 5.21. The Labute approximate surface area is 50.8 Å². The molecular formula is CHNaOS. The summed E-state index contributed by atoms with van der Waals surface area (Å²) in [5.41, 5.74) is 0. The van der Waals surface area contributed by atoms with Crippen LogP contribution in [0.4, 0.5) is 0 Å². The molecule has 0 spiro atoms. The third-order valence-electron chi connectivity index (χ3n) is 0. The average Bonchev–Trinajstić information content (AvgIpc) is 0.918. The van der Waals surface area contributed by atoms with Crippen LogP contribution in [0.2, 0.25) is 0 Å². The number of hydrogen-bond donors (Lipinski definition) is 0. The Kier molecular flexibility index (Phi) is 20.1. The van der Waals surface area contributed by atoms with Crippen LogP contribution in [0.1, 0.15) is 0 Å². The Balaban J connectivity index is 0. The van der Waals surface area contributed by atoms with Gasteiger partial charge in [0.15, 0.2) is 0 Å². The number of hydrogen-bond acceptors (Lipinski definition) is 1. The summed E-state index contributed by atoms with van der Waals surface area (Å²) < 4.78 is 8.62. The molecule has 4 heavy (non-hydrogen) atoms. The van der Waals surface area contributed by atoms with Gasteiger partial charge in [0.1, 0.15) is 0 Å². The summed E-state index contributed by atoms with van der Waals surface area (Å²) in [6.45, 7) is 0. The summed E-state index contributed by atoms with van der Waals surface area (Å²) in [7, 11) is 0. The molecular weight excluding hydrogens is 83.1 g/mol.